The number of aryl methyl sites for hydroxylation is 3. The molecule has 0 amide bonds. The predicted molar refractivity (Wildman–Crippen MR) is 95.7 cm³/mol. The molecule has 0 heterocycles. The molecule has 2 rings (SSSR count). The van der Waals surface area contributed by atoms with Crippen LogP contribution in [0.2, 0.25) is 0 Å². The standard InChI is InChI=1S/C21H28O/c1-5-6-7-8-13-22-21-15-18(4)17(3)14-20(21)19-11-9-16(2)10-12-19/h9-12,14-15H,5-8,13H2,1-4H3. The van der Waals surface area contributed by atoms with E-state index in [9.17, 15) is 0 Å². The van der Waals surface area contributed by atoms with Gasteiger partial charge in [-0.1, -0.05) is 56.0 Å². The Morgan fingerprint density at radius 3 is 2.18 bits per heavy atom. The van der Waals surface area contributed by atoms with E-state index in [1.165, 1.54) is 47.1 Å². The van der Waals surface area contributed by atoms with E-state index < -0.39 is 0 Å². The number of rotatable bonds is 7. The largest absolute Gasteiger partial charge is 0.493 e. The van der Waals surface area contributed by atoms with E-state index in [1.54, 1.807) is 0 Å². The van der Waals surface area contributed by atoms with Crippen LogP contribution in [0.3, 0.4) is 0 Å². The summed E-state index contributed by atoms with van der Waals surface area (Å²) < 4.78 is 6.10. The summed E-state index contributed by atoms with van der Waals surface area (Å²) in [6, 6.07) is 13.1. The lowest BCUT2D eigenvalue weighted by molar-refractivity contribution is 0.306. The Labute approximate surface area is 135 Å². The number of hydrogen-bond acceptors (Lipinski definition) is 1. The van der Waals surface area contributed by atoms with Gasteiger partial charge in [0.15, 0.2) is 0 Å². The van der Waals surface area contributed by atoms with Crippen molar-refractivity contribution < 1.29 is 4.74 Å². The van der Waals surface area contributed by atoms with Gasteiger partial charge in [0.1, 0.15) is 5.75 Å². The highest BCUT2D eigenvalue weighted by Gasteiger charge is 2.09. The molecule has 0 radical (unpaired) electrons. The van der Waals surface area contributed by atoms with Gasteiger partial charge in [0, 0.05) is 5.56 Å². The Hall–Kier alpha value is -1.76. The predicted octanol–water partition coefficient (Wildman–Crippen LogP) is 6.24. The smallest absolute Gasteiger partial charge is 0.127 e. The summed E-state index contributed by atoms with van der Waals surface area (Å²) in [6.45, 7) is 9.48. The maximum Gasteiger partial charge on any atom is 0.127 e. The monoisotopic (exact) mass is 296 g/mol. The van der Waals surface area contributed by atoms with E-state index in [0.717, 1.165) is 18.8 Å². The number of unbranched alkanes of at least 4 members (excludes halogenated alkanes) is 3. The zero-order chi connectivity index (χ0) is 15.9. The second-order valence-corrected chi connectivity index (χ2v) is 6.21. The van der Waals surface area contributed by atoms with Gasteiger partial charge in [0.25, 0.3) is 0 Å². The topological polar surface area (TPSA) is 9.23 Å². The molecule has 0 aliphatic heterocycles. The third-order valence-corrected chi connectivity index (χ3v) is 4.21. The van der Waals surface area contributed by atoms with Crippen LogP contribution < -0.4 is 4.74 Å². The fraction of sp³-hybridized carbons (Fsp3) is 0.429. The highest BCUT2D eigenvalue weighted by Crippen LogP contribution is 2.33. The van der Waals surface area contributed by atoms with Crippen molar-refractivity contribution in [3.8, 4) is 16.9 Å². The molecule has 0 bridgehead atoms. The summed E-state index contributed by atoms with van der Waals surface area (Å²) in [5, 5.41) is 0. The van der Waals surface area contributed by atoms with Crippen LogP contribution in [-0.2, 0) is 0 Å². The lowest BCUT2D eigenvalue weighted by atomic mass is 9.98. The first-order valence-corrected chi connectivity index (χ1v) is 8.43. The quantitative estimate of drug-likeness (QED) is 0.550. The molecule has 0 aromatic heterocycles. The molecule has 0 fully saturated rings. The summed E-state index contributed by atoms with van der Waals surface area (Å²) in [7, 11) is 0. The number of benzene rings is 2. The van der Waals surface area contributed by atoms with Gasteiger partial charge in [-0.25, -0.2) is 0 Å². The lowest BCUT2D eigenvalue weighted by Gasteiger charge is -2.15. The van der Waals surface area contributed by atoms with Crippen molar-refractivity contribution in [2.45, 2.75) is 53.4 Å². The Morgan fingerprint density at radius 1 is 0.818 bits per heavy atom. The van der Waals surface area contributed by atoms with Crippen molar-refractivity contribution in [2.24, 2.45) is 0 Å². The van der Waals surface area contributed by atoms with E-state index in [1.807, 2.05) is 0 Å². The summed E-state index contributed by atoms with van der Waals surface area (Å²) in [6.07, 6.45) is 4.94. The van der Waals surface area contributed by atoms with Crippen LogP contribution >= 0.6 is 0 Å². The van der Waals surface area contributed by atoms with Crippen LogP contribution in [-0.4, -0.2) is 6.61 Å². The van der Waals surface area contributed by atoms with Crippen LogP contribution in [0.1, 0.15) is 49.3 Å². The molecule has 0 spiro atoms. The van der Waals surface area contributed by atoms with Crippen LogP contribution in [0.25, 0.3) is 11.1 Å². The highest BCUT2D eigenvalue weighted by atomic mass is 16.5. The average molecular weight is 296 g/mol. The van der Waals surface area contributed by atoms with Gasteiger partial charge in [-0.3, -0.25) is 0 Å². The molecule has 0 aliphatic rings. The van der Waals surface area contributed by atoms with Gasteiger partial charge >= 0.3 is 0 Å². The maximum atomic E-state index is 6.10. The molecule has 0 N–H and O–H groups in total. The normalized spacial score (nSPS) is 10.7. The Balaban J connectivity index is 2.20. The number of ether oxygens (including phenoxy) is 1. The van der Waals surface area contributed by atoms with Gasteiger partial charge in [-0.05, 0) is 56.0 Å². The second kappa shape index (κ2) is 8.03. The molecule has 0 aliphatic carbocycles. The fourth-order valence-electron chi connectivity index (χ4n) is 2.58. The molecule has 118 valence electrons. The molecule has 0 unspecified atom stereocenters. The van der Waals surface area contributed by atoms with Crippen LogP contribution in [0.5, 0.6) is 5.75 Å². The molecule has 1 nitrogen and oxygen atoms in total. The zero-order valence-electron chi connectivity index (χ0n) is 14.4. The maximum absolute atomic E-state index is 6.10. The average Bonchev–Trinajstić information content (AvgIpc) is 2.51. The molecule has 0 atom stereocenters. The van der Waals surface area contributed by atoms with Gasteiger partial charge in [-0.2, -0.15) is 0 Å². The minimum atomic E-state index is 0.807. The molecule has 22 heavy (non-hydrogen) atoms. The first-order valence-electron chi connectivity index (χ1n) is 8.43. The minimum Gasteiger partial charge on any atom is -0.493 e. The molecule has 1 heteroatoms. The summed E-state index contributed by atoms with van der Waals surface area (Å²) in [5.74, 6) is 1.02. The third-order valence-electron chi connectivity index (χ3n) is 4.21. The zero-order valence-corrected chi connectivity index (χ0v) is 14.4. The Bertz CT molecular complexity index is 596. The van der Waals surface area contributed by atoms with E-state index >= 15 is 0 Å². The van der Waals surface area contributed by atoms with Gasteiger partial charge in [-0.15, -0.1) is 0 Å². The van der Waals surface area contributed by atoms with E-state index in [0.29, 0.717) is 0 Å². The summed E-state index contributed by atoms with van der Waals surface area (Å²) in [4.78, 5) is 0. The van der Waals surface area contributed by atoms with Gasteiger partial charge in [0.2, 0.25) is 0 Å². The highest BCUT2D eigenvalue weighted by molar-refractivity contribution is 5.72. The van der Waals surface area contributed by atoms with E-state index in [2.05, 4.69) is 64.1 Å². The first-order chi connectivity index (χ1) is 10.6. The number of hydrogen-bond donors (Lipinski definition) is 0. The van der Waals surface area contributed by atoms with Crippen molar-refractivity contribution in [3.63, 3.8) is 0 Å². The van der Waals surface area contributed by atoms with Crippen molar-refractivity contribution in [3.05, 3.63) is 53.1 Å². The van der Waals surface area contributed by atoms with Gasteiger partial charge in [0.05, 0.1) is 6.61 Å². The SMILES string of the molecule is CCCCCCOc1cc(C)c(C)cc1-c1ccc(C)cc1. The Kier molecular flexibility index (Phi) is 6.06. The molecule has 0 saturated carbocycles. The molecule has 2 aromatic rings. The molecule has 2 aromatic carbocycles. The molecular weight excluding hydrogens is 268 g/mol. The van der Waals surface area contributed by atoms with E-state index in [-0.39, 0.29) is 0 Å². The second-order valence-electron chi connectivity index (χ2n) is 6.21. The fourth-order valence-corrected chi connectivity index (χ4v) is 2.58. The summed E-state index contributed by atoms with van der Waals surface area (Å²) in [5.41, 5.74) is 6.33. The van der Waals surface area contributed by atoms with Crippen molar-refractivity contribution in [2.75, 3.05) is 6.61 Å². The Morgan fingerprint density at radius 2 is 1.50 bits per heavy atom. The first kappa shape index (κ1) is 16.6. The minimum absolute atomic E-state index is 0.807. The van der Waals surface area contributed by atoms with Crippen LogP contribution in [0.15, 0.2) is 36.4 Å². The van der Waals surface area contributed by atoms with Crippen LogP contribution in [0, 0.1) is 20.8 Å². The molecule has 0 saturated heterocycles. The van der Waals surface area contributed by atoms with Crippen molar-refractivity contribution in [1.29, 1.82) is 0 Å². The molecular formula is C21H28O. The van der Waals surface area contributed by atoms with Gasteiger partial charge < -0.3 is 4.74 Å². The lowest BCUT2D eigenvalue weighted by Crippen LogP contribution is -2.00. The van der Waals surface area contributed by atoms with Crippen molar-refractivity contribution in [1.82, 2.24) is 0 Å². The third kappa shape index (κ3) is 4.37. The summed E-state index contributed by atoms with van der Waals surface area (Å²) >= 11 is 0. The van der Waals surface area contributed by atoms with E-state index in [4.69, 9.17) is 4.74 Å². The van der Waals surface area contributed by atoms with Crippen molar-refractivity contribution >= 4 is 0 Å². The van der Waals surface area contributed by atoms with Crippen LogP contribution in [0.4, 0.5) is 0 Å².